The van der Waals surface area contributed by atoms with Crippen LogP contribution < -0.4 is 5.32 Å². The number of likely N-dealkylation sites (tertiary alicyclic amines) is 1. The Hall–Kier alpha value is -1.02. The van der Waals surface area contributed by atoms with E-state index >= 15 is 0 Å². The topological polar surface area (TPSA) is 15.3 Å². The molecule has 0 saturated carbocycles. The van der Waals surface area contributed by atoms with Crippen LogP contribution in [0.25, 0.3) is 0 Å². The van der Waals surface area contributed by atoms with Gasteiger partial charge < -0.3 is 10.2 Å². The van der Waals surface area contributed by atoms with Crippen LogP contribution in [0.3, 0.4) is 0 Å². The summed E-state index contributed by atoms with van der Waals surface area (Å²) in [6.45, 7) is 11.6. The lowest BCUT2D eigenvalue weighted by atomic mass is 9.87. The zero-order chi connectivity index (χ0) is 14.8. The molecular formula is C18H30N2. The van der Waals surface area contributed by atoms with Crippen molar-refractivity contribution in [2.75, 3.05) is 25.5 Å². The Labute approximate surface area is 124 Å². The van der Waals surface area contributed by atoms with Gasteiger partial charge in [0.2, 0.25) is 0 Å². The average molecular weight is 274 g/mol. The van der Waals surface area contributed by atoms with E-state index in [9.17, 15) is 0 Å². The maximum Gasteiger partial charge on any atom is 0.0342 e. The molecule has 0 aliphatic carbocycles. The van der Waals surface area contributed by atoms with Crippen molar-refractivity contribution in [3.05, 3.63) is 29.8 Å². The summed E-state index contributed by atoms with van der Waals surface area (Å²) in [6.07, 6.45) is 2.62. The lowest BCUT2D eigenvalue weighted by Gasteiger charge is -2.33. The number of anilines is 1. The zero-order valence-electron chi connectivity index (χ0n) is 13.7. The van der Waals surface area contributed by atoms with Gasteiger partial charge in [-0.05, 0) is 68.9 Å². The fraction of sp³-hybridized carbons (Fsp3) is 0.667. The molecule has 0 aromatic heterocycles. The minimum atomic E-state index is 0.234. The Balaban J connectivity index is 1.93. The van der Waals surface area contributed by atoms with Crippen LogP contribution in [0, 0.1) is 5.92 Å². The van der Waals surface area contributed by atoms with Crippen LogP contribution in [0.15, 0.2) is 24.3 Å². The van der Waals surface area contributed by atoms with Gasteiger partial charge in [0.15, 0.2) is 0 Å². The average Bonchev–Trinajstić information content (AvgIpc) is 2.39. The molecule has 2 rings (SSSR count). The van der Waals surface area contributed by atoms with Crippen LogP contribution in [-0.4, -0.2) is 31.1 Å². The first-order valence-corrected chi connectivity index (χ1v) is 7.92. The number of rotatable bonds is 3. The Morgan fingerprint density at radius 1 is 1.10 bits per heavy atom. The van der Waals surface area contributed by atoms with Crippen molar-refractivity contribution in [3.8, 4) is 0 Å². The molecule has 1 saturated heterocycles. The van der Waals surface area contributed by atoms with E-state index in [4.69, 9.17) is 0 Å². The maximum atomic E-state index is 3.69. The molecule has 1 fully saturated rings. The minimum absolute atomic E-state index is 0.234. The van der Waals surface area contributed by atoms with E-state index in [0.29, 0.717) is 6.04 Å². The normalized spacial score (nSPS) is 19.9. The first-order chi connectivity index (χ1) is 9.36. The second-order valence-electron chi connectivity index (χ2n) is 7.40. The van der Waals surface area contributed by atoms with Gasteiger partial charge in [-0.1, -0.05) is 32.9 Å². The Kier molecular flexibility index (Phi) is 4.74. The summed E-state index contributed by atoms with van der Waals surface area (Å²) >= 11 is 0. The SMILES string of the molecule is CC(Nc1ccc(C(C)(C)C)cc1)C1CCN(C)CC1. The molecule has 0 bridgehead atoms. The van der Waals surface area contributed by atoms with Crippen molar-refractivity contribution >= 4 is 5.69 Å². The molecule has 20 heavy (non-hydrogen) atoms. The van der Waals surface area contributed by atoms with Crippen molar-refractivity contribution < 1.29 is 0 Å². The summed E-state index contributed by atoms with van der Waals surface area (Å²) in [5.41, 5.74) is 2.89. The number of nitrogens with one attached hydrogen (secondary N) is 1. The highest BCUT2D eigenvalue weighted by Gasteiger charge is 2.22. The van der Waals surface area contributed by atoms with Gasteiger partial charge in [0, 0.05) is 11.7 Å². The first-order valence-electron chi connectivity index (χ1n) is 7.92. The van der Waals surface area contributed by atoms with Crippen molar-refractivity contribution in [2.24, 2.45) is 5.92 Å². The molecule has 0 spiro atoms. The number of benzene rings is 1. The summed E-state index contributed by atoms with van der Waals surface area (Å²) in [4.78, 5) is 2.43. The van der Waals surface area contributed by atoms with E-state index in [2.05, 4.69) is 69.2 Å². The van der Waals surface area contributed by atoms with Crippen molar-refractivity contribution in [1.82, 2.24) is 4.90 Å². The van der Waals surface area contributed by atoms with Crippen molar-refractivity contribution in [1.29, 1.82) is 0 Å². The van der Waals surface area contributed by atoms with Gasteiger partial charge in [0.05, 0.1) is 0 Å². The van der Waals surface area contributed by atoms with E-state index in [1.54, 1.807) is 0 Å². The van der Waals surface area contributed by atoms with Gasteiger partial charge in [0.1, 0.15) is 0 Å². The van der Waals surface area contributed by atoms with Crippen molar-refractivity contribution in [3.63, 3.8) is 0 Å². The highest BCUT2D eigenvalue weighted by atomic mass is 15.1. The smallest absolute Gasteiger partial charge is 0.0342 e. The molecule has 0 amide bonds. The second kappa shape index (κ2) is 6.17. The minimum Gasteiger partial charge on any atom is -0.382 e. The van der Waals surface area contributed by atoms with Crippen LogP contribution in [-0.2, 0) is 5.41 Å². The highest BCUT2D eigenvalue weighted by Crippen LogP contribution is 2.26. The molecule has 2 nitrogen and oxygen atoms in total. The van der Waals surface area contributed by atoms with Crippen LogP contribution >= 0.6 is 0 Å². The van der Waals surface area contributed by atoms with Gasteiger partial charge in [-0.2, -0.15) is 0 Å². The third-order valence-electron chi connectivity index (χ3n) is 4.62. The molecule has 1 N–H and O–H groups in total. The number of nitrogens with zero attached hydrogens (tertiary/aromatic N) is 1. The zero-order valence-corrected chi connectivity index (χ0v) is 13.7. The van der Waals surface area contributed by atoms with Crippen LogP contribution in [0.4, 0.5) is 5.69 Å². The largest absolute Gasteiger partial charge is 0.382 e. The molecule has 0 radical (unpaired) electrons. The second-order valence-corrected chi connectivity index (χ2v) is 7.40. The molecule has 1 aromatic rings. The summed E-state index contributed by atoms with van der Waals surface area (Å²) in [5, 5.41) is 3.69. The molecule has 1 heterocycles. The van der Waals surface area contributed by atoms with Gasteiger partial charge in [-0.3, -0.25) is 0 Å². The van der Waals surface area contributed by atoms with E-state index in [1.807, 2.05) is 0 Å². The van der Waals surface area contributed by atoms with Crippen LogP contribution in [0.1, 0.15) is 46.1 Å². The molecule has 1 aromatic carbocycles. The molecule has 1 aliphatic rings. The fourth-order valence-corrected chi connectivity index (χ4v) is 2.98. The summed E-state index contributed by atoms with van der Waals surface area (Å²) < 4.78 is 0. The molecule has 112 valence electrons. The van der Waals surface area contributed by atoms with Gasteiger partial charge in [0.25, 0.3) is 0 Å². The number of hydrogen-bond donors (Lipinski definition) is 1. The Bertz CT molecular complexity index is 408. The maximum absolute atomic E-state index is 3.69. The van der Waals surface area contributed by atoms with Crippen LogP contribution in [0.5, 0.6) is 0 Å². The summed E-state index contributed by atoms with van der Waals surface area (Å²) in [6, 6.07) is 9.52. The van der Waals surface area contributed by atoms with E-state index in [1.165, 1.54) is 37.2 Å². The van der Waals surface area contributed by atoms with E-state index < -0.39 is 0 Å². The molecule has 1 atom stereocenters. The molecule has 1 aliphatic heterocycles. The third kappa shape index (κ3) is 3.99. The van der Waals surface area contributed by atoms with Crippen LogP contribution in [0.2, 0.25) is 0 Å². The van der Waals surface area contributed by atoms with E-state index in [0.717, 1.165) is 5.92 Å². The Morgan fingerprint density at radius 2 is 1.65 bits per heavy atom. The summed E-state index contributed by atoms with van der Waals surface area (Å²) in [5.74, 6) is 0.800. The quantitative estimate of drug-likeness (QED) is 0.891. The molecular weight excluding hydrogens is 244 g/mol. The lowest BCUT2D eigenvalue weighted by Crippen LogP contribution is -2.37. The first kappa shape index (κ1) is 15.4. The molecule has 1 unspecified atom stereocenters. The lowest BCUT2D eigenvalue weighted by molar-refractivity contribution is 0.208. The monoisotopic (exact) mass is 274 g/mol. The number of piperidine rings is 1. The summed E-state index contributed by atoms with van der Waals surface area (Å²) in [7, 11) is 2.22. The van der Waals surface area contributed by atoms with Gasteiger partial charge >= 0.3 is 0 Å². The van der Waals surface area contributed by atoms with Crippen molar-refractivity contribution in [2.45, 2.75) is 52.0 Å². The highest BCUT2D eigenvalue weighted by molar-refractivity contribution is 5.46. The number of hydrogen-bond acceptors (Lipinski definition) is 2. The predicted molar refractivity (Wildman–Crippen MR) is 88.4 cm³/mol. The fourth-order valence-electron chi connectivity index (χ4n) is 2.98. The third-order valence-corrected chi connectivity index (χ3v) is 4.62. The Morgan fingerprint density at radius 3 is 2.15 bits per heavy atom. The van der Waals surface area contributed by atoms with E-state index in [-0.39, 0.29) is 5.41 Å². The van der Waals surface area contributed by atoms with Gasteiger partial charge in [-0.15, -0.1) is 0 Å². The van der Waals surface area contributed by atoms with Gasteiger partial charge in [-0.25, -0.2) is 0 Å². The predicted octanol–water partition coefficient (Wildman–Crippen LogP) is 4.13. The standard InChI is InChI=1S/C18H30N2/c1-14(15-10-12-20(5)13-11-15)19-17-8-6-16(7-9-17)18(2,3)4/h6-9,14-15,19H,10-13H2,1-5H3. The molecule has 2 heteroatoms.